The van der Waals surface area contributed by atoms with Crippen molar-refractivity contribution in [1.82, 2.24) is 4.98 Å². The molecule has 130 valence electrons. The monoisotopic (exact) mass is 365 g/mol. The molecular weight excluding hydrogens is 350 g/mol. The largest absolute Gasteiger partial charge is 0.324 e. The van der Waals surface area contributed by atoms with Crippen LogP contribution in [0.4, 0.5) is 11.4 Å². The first-order chi connectivity index (χ1) is 12.6. The molecule has 0 spiro atoms. The SMILES string of the molecule is O=C(Nc1ccccc1Cl)C1CC(=O)N(c2cccc3cccnc23)C1. The molecule has 6 heteroatoms. The summed E-state index contributed by atoms with van der Waals surface area (Å²) in [5.41, 5.74) is 2.05. The van der Waals surface area contributed by atoms with Crippen molar-refractivity contribution in [2.24, 2.45) is 5.92 Å². The highest BCUT2D eigenvalue weighted by Crippen LogP contribution is 2.31. The number of anilines is 2. The predicted molar refractivity (Wildman–Crippen MR) is 102 cm³/mol. The van der Waals surface area contributed by atoms with E-state index in [1.54, 1.807) is 35.4 Å². The van der Waals surface area contributed by atoms with Gasteiger partial charge in [-0.1, -0.05) is 41.9 Å². The molecule has 1 aromatic heterocycles. The topological polar surface area (TPSA) is 62.3 Å². The van der Waals surface area contributed by atoms with Gasteiger partial charge in [0.15, 0.2) is 0 Å². The van der Waals surface area contributed by atoms with Crippen molar-refractivity contribution in [3.8, 4) is 0 Å². The molecule has 1 aliphatic rings. The van der Waals surface area contributed by atoms with Crippen molar-refractivity contribution in [2.45, 2.75) is 6.42 Å². The van der Waals surface area contributed by atoms with Crippen LogP contribution >= 0.6 is 11.6 Å². The van der Waals surface area contributed by atoms with Gasteiger partial charge in [0.2, 0.25) is 11.8 Å². The smallest absolute Gasteiger partial charge is 0.229 e. The van der Waals surface area contributed by atoms with Crippen LogP contribution < -0.4 is 10.2 Å². The van der Waals surface area contributed by atoms with Crippen molar-refractivity contribution in [3.05, 3.63) is 65.8 Å². The molecule has 1 fully saturated rings. The van der Waals surface area contributed by atoms with Crippen LogP contribution in [0.15, 0.2) is 60.8 Å². The van der Waals surface area contributed by atoms with Gasteiger partial charge < -0.3 is 10.2 Å². The number of hydrogen-bond acceptors (Lipinski definition) is 3. The van der Waals surface area contributed by atoms with Crippen LogP contribution in [-0.2, 0) is 9.59 Å². The van der Waals surface area contributed by atoms with Crippen molar-refractivity contribution < 1.29 is 9.59 Å². The average molecular weight is 366 g/mol. The van der Waals surface area contributed by atoms with Gasteiger partial charge in [-0.3, -0.25) is 14.6 Å². The molecule has 1 unspecified atom stereocenters. The third-order valence-corrected chi connectivity index (χ3v) is 4.86. The van der Waals surface area contributed by atoms with E-state index in [2.05, 4.69) is 10.3 Å². The number of nitrogens with zero attached hydrogens (tertiary/aromatic N) is 2. The number of benzene rings is 2. The molecule has 3 aromatic rings. The molecule has 1 atom stereocenters. The van der Waals surface area contributed by atoms with E-state index in [1.165, 1.54) is 0 Å². The predicted octanol–water partition coefficient (Wildman–Crippen LogP) is 3.88. The van der Waals surface area contributed by atoms with Gasteiger partial charge in [0.25, 0.3) is 0 Å². The maximum atomic E-state index is 12.6. The highest BCUT2D eigenvalue weighted by molar-refractivity contribution is 6.33. The number of aromatic nitrogens is 1. The second-order valence-electron chi connectivity index (χ2n) is 6.23. The van der Waals surface area contributed by atoms with Crippen LogP contribution in [0.1, 0.15) is 6.42 Å². The zero-order valence-electron chi connectivity index (χ0n) is 13.9. The number of fused-ring (bicyclic) bond motifs is 1. The maximum Gasteiger partial charge on any atom is 0.229 e. The zero-order chi connectivity index (χ0) is 18.1. The Hall–Kier alpha value is -2.92. The molecule has 2 amide bonds. The molecule has 2 heterocycles. The van der Waals surface area contributed by atoms with Crippen LogP contribution in [0.25, 0.3) is 10.9 Å². The van der Waals surface area contributed by atoms with Gasteiger partial charge in [0, 0.05) is 24.5 Å². The first-order valence-corrected chi connectivity index (χ1v) is 8.71. The molecule has 2 aromatic carbocycles. The van der Waals surface area contributed by atoms with E-state index >= 15 is 0 Å². The molecule has 5 nitrogen and oxygen atoms in total. The lowest BCUT2D eigenvalue weighted by Gasteiger charge is -2.18. The lowest BCUT2D eigenvalue weighted by atomic mass is 10.1. The summed E-state index contributed by atoms with van der Waals surface area (Å²) < 4.78 is 0. The standard InChI is InChI=1S/C20H16ClN3O2/c21-15-7-1-2-8-16(15)23-20(26)14-11-18(25)24(12-14)17-9-3-5-13-6-4-10-22-19(13)17/h1-10,14H,11-12H2,(H,23,26). The van der Waals surface area contributed by atoms with Crippen molar-refractivity contribution >= 4 is 45.7 Å². The number of hydrogen-bond donors (Lipinski definition) is 1. The Balaban J connectivity index is 1.57. The second kappa shape index (κ2) is 6.77. The van der Waals surface area contributed by atoms with E-state index in [4.69, 9.17) is 11.6 Å². The van der Waals surface area contributed by atoms with Crippen molar-refractivity contribution in [1.29, 1.82) is 0 Å². The Bertz CT molecular complexity index is 1000. The lowest BCUT2D eigenvalue weighted by molar-refractivity contribution is -0.122. The number of carbonyl (C=O) groups excluding carboxylic acids is 2. The van der Waals surface area contributed by atoms with Crippen molar-refractivity contribution in [3.63, 3.8) is 0 Å². The number of para-hydroxylation sites is 2. The van der Waals surface area contributed by atoms with Crippen LogP contribution in [0, 0.1) is 5.92 Å². The Kier molecular flexibility index (Phi) is 4.31. The summed E-state index contributed by atoms with van der Waals surface area (Å²) in [7, 11) is 0. The molecule has 4 rings (SSSR count). The summed E-state index contributed by atoms with van der Waals surface area (Å²) in [6.07, 6.45) is 1.87. The molecule has 1 saturated heterocycles. The minimum atomic E-state index is -0.433. The number of rotatable bonds is 3. The quantitative estimate of drug-likeness (QED) is 0.766. The van der Waals surface area contributed by atoms with Gasteiger partial charge in [-0.2, -0.15) is 0 Å². The molecule has 1 aliphatic heterocycles. The third kappa shape index (κ3) is 3.02. The molecule has 0 bridgehead atoms. The number of halogens is 1. The van der Waals surface area contributed by atoms with E-state index in [1.807, 2.05) is 30.3 Å². The number of amides is 2. The summed E-state index contributed by atoms with van der Waals surface area (Å²) in [6, 6.07) is 16.6. The van der Waals surface area contributed by atoms with Crippen LogP contribution in [-0.4, -0.2) is 23.3 Å². The van der Waals surface area contributed by atoms with E-state index in [9.17, 15) is 9.59 Å². The maximum absolute atomic E-state index is 12.6. The Morgan fingerprint density at radius 2 is 1.92 bits per heavy atom. The van der Waals surface area contributed by atoms with Gasteiger partial charge >= 0.3 is 0 Å². The Morgan fingerprint density at radius 3 is 2.77 bits per heavy atom. The molecule has 0 saturated carbocycles. The summed E-state index contributed by atoms with van der Waals surface area (Å²) in [4.78, 5) is 31.2. The zero-order valence-corrected chi connectivity index (χ0v) is 14.6. The lowest BCUT2D eigenvalue weighted by Crippen LogP contribution is -2.28. The van der Waals surface area contributed by atoms with E-state index in [0.717, 1.165) is 16.6 Å². The van der Waals surface area contributed by atoms with Gasteiger partial charge in [-0.15, -0.1) is 0 Å². The summed E-state index contributed by atoms with van der Waals surface area (Å²) in [5, 5.41) is 4.25. The van der Waals surface area contributed by atoms with Gasteiger partial charge in [0.1, 0.15) is 0 Å². The molecule has 1 N–H and O–H groups in total. The normalized spacial score (nSPS) is 16.9. The minimum absolute atomic E-state index is 0.0811. The van der Waals surface area contributed by atoms with Crippen LogP contribution in [0.2, 0.25) is 5.02 Å². The number of pyridine rings is 1. The number of nitrogens with one attached hydrogen (secondary N) is 1. The third-order valence-electron chi connectivity index (χ3n) is 4.53. The first kappa shape index (κ1) is 16.5. The highest BCUT2D eigenvalue weighted by Gasteiger charge is 2.36. The minimum Gasteiger partial charge on any atom is -0.324 e. The Labute approximate surface area is 155 Å². The van der Waals surface area contributed by atoms with Gasteiger partial charge in [-0.05, 0) is 24.3 Å². The molecule has 0 radical (unpaired) electrons. The fourth-order valence-corrected chi connectivity index (χ4v) is 3.40. The van der Waals surface area contributed by atoms with Crippen LogP contribution in [0.3, 0.4) is 0 Å². The molecule has 0 aliphatic carbocycles. The molecular formula is C20H16ClN3O2. The van der Waals surface area contributed by atoms with E-state index < -0.39 is 5.92 Å². The summed E-state index contributed by atoms with van der Waals surface area (Å²) in [5.74, 6) is -0.720. The average Bonchev–Trinajstić information content (AvgIpc) is 3.05. The summed E-state index contributed by atoms with van der Waals surface area (Å²) >= 11 is 6.09. The fourth-order valence-electron chi connectivity index (χ4n) is 3.22. The van der Waals surface area contributed by atoms with E-state index in [-0.39, 0.29) is 18.2 Å². The Morgan fingerprint density at radius 1 is 1.12 bits per heavy atom. The highest BCUT2D eigenvalue weighted by atomic mass is 35.5. The molecule has 26 heavy (non-hydrogen) atoms. The fraction of sp³-hybridized carbons (Fsp3) is 0.150. The van der Waals surface area contributed by atoms with E-state index in [0.29, 0.717) is 17.3 Å². The summed E-state index contributed by atoms with van der Waals surface area (Å²) in [6.45, 7) is 0.324. The first-order valence-electron chi connectivity index (χ1n) is 8.33. The van der Waals surface area contributed by atoms with Crippen LogP contribution in [0.5, 0.6) is 0 Å². The van der Waals surface area contributed by atoms with Gasteiger partial charge in [-0.25, -0.2) is 0 Å². The number of carbonyl (C=O) groups is 2. The second-order valence-corrected chi connectivity index (χ2v) is 6.63. The van der Waals surface area contributed by atoms with Crippen molar-refractivity contribution in [2.75, 3.05) is 16.8 Å². The van der Waals surface area contributed by atoms with Gasteiger partial charge in [0.05, 0.1) is 27.8 Å².